The second-order valence-corrected chi connectivity index (χ2v) is 3.86. The Bertz CT molecular complexity index is 410. The number of hydrogen-bond acceptors (Lipinski definition) is 2. The molecule has 0 bridgehead atoms. The molecule has 0 spiro atoms. The zero-order valence-electron chi connectivity index (χ0n) is 8.24. The first-order chi connectivity index (χ1) is 7.56. The molecular formula is C10H10Cl2N2O2. The van der Waals surface area contributed by atoms with Crippen molar-refractivity contribution in [3.8, 4) is 0 Å². The van der Waals surface area contributed by atoms with E-state index in [1.54, 1.807) is 18.2 Å². The van der Waals surface area contributed by atoms with Gasteiger partial charge in [-0.05, 0) is 12.1 Å². The van der Waals surface area contributed by atoms with Gasteiger partial charge in [-0.1, -0.05) is 12.1 Å². The molecule has 1 atom stereocenters. The lowest BCUT2D eigenvalue weighted by atomic mass is 10.1. The van der Waals surface area contributed by atoms with Crippen LogP contribution in [0.4, 0.5) is 5.69 Å². The summed E-state index contributed by atoms with van der Waals surface area (Å²) < 4.78 is 0. The molecule has 0 radical (unpaired) electrons. The molecule has 3 N–H and O–H groups in total. The summed E-state index contributed by atoms with van der Waals surface area (Å²) in [6.45, 7) is 0. The van der Waals surface area contributed by atoms with E-state index in [0.29, 0.717) is 5.69 Å². The highest BCUT2D eigenvalue weighted by atomic mass is 35.5. The minimum atomic E-state index is -0.845. The van der Waals surface area contributed by atoms with Crippen LogP contribution >= 0.6 is 23.2 Å². The van der Waals surface area contributed by atoms with Crippen LogP contribution in [0.2, 0.25) is 0 Å². The molecule has 0 heterocycles. The van der Waals surface area contributed by atoms with Crippen LogP contribution in [0.1, 0.15) is 10.4 Å². The van der Waals surface area contributed by atoms with Gasteiger partial charge in [0.2, 0.25) is 5.91 Å². The van der Waals surface area contributed by atoms with Crippen molar-refractivity contribution in [3.05, 3.63) is 29.8 Å². The van der Waals surface area contributed by atoms with Crippen LogP contribution in [0, 0.1) is 0 Å². The summed E-state index contributed by atoms with van der Waals surface area (Å²) in [7, 11) is 0. The summed E-state index contributed by atoms with van der Waals surface area (Å²) in [6, 6.07) is 6.40. The first-order valence-electron chi connectivity index (χ1n) is 4.46. The van der Waals surface area contributed by atoms with Crippen molar-refractivity contribution >= 4 is 40.7 Å². The molecule has 0 aliphatic carbocycles. The molecule has 1 aromatic carbocycles. The number of carbonyl (C=O) groups is 2. The molecule has 1 rings (SSSR count). The lowest BCUT2D eigenvalue weighted by Crippen LogP contribution is -2.26. The van der Waals surface area contributed by atoms with E-state index < -0.39 is 17.2 Å². The van der Waals surface area contributed by atoms with Crippen LogP contribution < -0.4 is 11.1 Å². The summed E-state index contributed by atoms with van der Waals surface area (Å²) in [6.07, 6.45) is 0. The number of hydrogen-bond donors (Lipinski definition) is 2. The van der Waals surface area contributed by atoms with Crippen molar-refractivity contribution in [1.29, 1.82) is 0 Å². The number of nitrogens with two attached hydrogens (primary N) is 1. The maximum Gasteiger partial charge on any atom is 0.250 e. The fraction of sp³-hybridized carbons (Fsp3) is 0.200. The average molecular weight is 261 g/mol. The fourth-order valence-corrected chi connectivity index (χ4v) is 1.28. The van der Waals surface area contributed by atoms with E-state index in [4.69, 9.17) is 28.9 Å². The van der Waals surface area contributed by atoms with Crippen LogP contribution in [0.25, 0.3) is 0 Å². The van der Waals surface area contributed by atoms with E-state index >= 15 is 0 Å². The van der Waals surface area contributed by atoms with E-state index in [0.717, 1.165) is 0 Å². The molecule has 4 nitrogen and oxygen atoms in total. The molecule has 2 amide bonds. The van der Waals surface area contributed by atoms with Crippen molar-refractivity contribution < 1.29 is 9.59 Å². The molecule has 0 aromatic heterocycles. The van der Waals surface area contributed by atoms with Gasteiger partial charge >= 0.3 is 0 Å². The fourth-order valence-electron chi connectivity index (χ4n) is 1.09. The highest BCUT2D eigenvalue weighted by Gasteiger charge is 2.16. The van der Waals surface area contributed by atoms with Gasteiger partial charge in [0.25, 0.3) is 5.91 Å². The topological polar surface area (TPSA) is 72.2 Å². The standard InChI is InChI=1S/C10H10Cl2N2O2/c11-5-7(12)10(16)14-8-4-2-1-3-6(8)9(13)15/h1-4,7H,5H2,(H2,13,15)(H,14,16). The lowest BCUT2D eigenvalue weighted by Gasteiger charge is -2.10. The SMILES string of the molecule is NC(=O)c1ccccc1NC(=O)C(Cl)CCl. The summed E-state index contributed by atoms with van der Waals surface area (Å²) in [5.41, 5.74) is 5.71. The third kappa shape index (κ3) is 3.12. The van der Waals surface area contributed by atoms with Crippen molar-refractivity contribution in [2.24, 2.45) is 5.73 Å². The highest BCUT2D eigenvalue weighted by molar-refractivity contribution is 6.37. The molecular weight excluding hydrogens is 251 g/mol. The van der Waals surface area contributed by atoms with E-state index in [-0.39, 0.29) is 11.4 Å². The van der Waals surface area contributed by atoms with Gasteiger partial charge in [-0.2, -0.15) is 0 Å². The predicted molar refractivity (Wildman–Crippen MR) is 64.0 cm³/mol. The normalized spacial score (nSPS) is 11.9. The average Bonchev–Trinajstić information content (AvgIpc) is 2.28. The Morgan fingerprint density at radius 1 is 1.38 bits per heavy atom. The largest absolute Gasteiger partial charge is 0.366 e. The zero-order valence-corrected chi connectivity index (χ0v) is 9.76. The van der Waals surface area contributed by atoms with Crippen molar-refractivity contribution in [2.45, 2.75) is 5.38 Å². The second kappa shape index (κ2) is 5.72. The quantitative estimate of drug-likeness (QED) is 0.807. The first-order valence-corrected chi connectivity index (χ1v) is 5.43. The first kappa shape index (κ1) is 12.8. The maximum absolute atomic E-state index is 11.4. The molecule has 0 aliphatic rings. The number of rotatable bonds is 4. The molecule has 0 aliphatic heterocycles. The van der Waals surface area contributed by atoms with Gasteiger partial charge in [0.15, 0.2) is 0 Å². The van der Waals surface area contributed by atoms with Crippen molar-refractivity contribution in [3.63, 3.8) is 0 Å². The molecule has 0 saturated heterocycles. The van der Waals surface area contributed by atoms with Crippen LogP contribution in [-0.2, 0) is 4.79 Å². The molecule has 1 aromatic rings. The Morgan fingerprint density at radius 3 is 2.56 bits per heavy atom. The second-order valence-electron chi connectivity index (χ2n) is 3.02. The van der Waals surface area contributed by atoms with Gasteiger partial charge in [0.05, 0.1) is 11.3 Å². The Hall–Kier alpha value is -1.26. The molecule has 6 heteroatoms. The van der Waals surface area contributed by atoms with Crippen LogP contribution in [0.3, 0.4) is 0 Å². The van der Waals surface area contributed by atoms with E-state index in [1.807, 2.05) is 0 Å². The molecule has 16 heavy (non-hydrogen) atoms. The molecule has 1 unspecified atom stereocenters. The van der Waals surface area contributed by atoms with E-state index in [2.05, 4.69) is 5.32 Å². The summed E-state index contributed by atoms with van der Waals surface area (Å²) in [5.74, 6) is -1.09. The van der Waals surface area contributed by atoms with Gasteiger partial charge in [-0.15, -0.1) is 23.2 Å². The zero-order chi connectivity index (χ0) is 12.1. The number of primary amides is 1. The van der Waals surface area contributed by atoms with Gasteiger partial charge < -0.3 is 11.1 Å². The highest BCUT2D eigenvalue weighted by Crippen LogP contribution is 2.15. The number of nitrogens with one attached hydrogen (secondary N) is 1. The number of halogens is 2. The smallest absolute Gasteiger partial charge is 0.250 e. The third-order valence-electron chi connectivity index (χ3n) is 1.87. The molecule has 0 fully saturated rings. The number of alkyl halides is 2. The van der Waals surface area contributed by atoms with Crippen molar-refractivity contribution in [2.75, 3.05) is 11.2 Å². The van der Waals surface area contributed by atoms with Crippen molar-refractivity contribution in [1.82, 2.24) is 0 Å². The summed E-state index contributed by atoms with van der Waals surface area (Å²) in [5, 5.41) is 1.64. The summed E-state index contributed by atoms with van der Waals surface area (Å²) >= 11 is 11.1. The van der Waals surface area contributed by atoms with Crippen LogP contribution in [-0.4, -0.2) is 23.1 Å². The Morgan fingerprint density at radius 2 is 2.00 bits per heavy atom. The number of benzene rings is 1. The van der Waals surface area contributed by atoms with Gasteiger partial charge in [0.1, 0.15) is 5.38 Å². The lowest BCUT2D eigenvalue weighted by molar-refractivity contribution is -0.115. The van der Waals surface area contributed by atoms with Gasteiger partial charge in [-0.3, -0.25) is 9.59 Å². The Kier molecular flexibility index (Phi) is 4.58. The maximum atomic E-state index is 11.4. The van der Waals surface area contributed by atoms with Crippen LogP contribution in [0.5, 0.6) is 0 Å². The predicted octanol–water partition coefficient (Wildman–Crippen LogP) is 1.57. The summed E-state index contributed by atoms with van der Waals surface area (Å²) in [4.78, 5) is 22.5. The molecule has 86 valence electrons. The minimum absolute atomic E-state index is 0.00781. The van der Waals surface area contributed by atoms with E-state index in [9.17, 15) is 9.59 Å². The van der Waals surface area contributed by atoms with E-state index in [1.165, 1.54) is 6.07 Å². The number of para-hydroxylation sites is 1. The number of carbonyl (C=O) groups excluding carboxylic acids is 2. The molecule has 0 saturated carbocycles. The minimum Gasteiger partial charge on any atom is -0.366 e. The monoisotopic (exact) mass is 260 g/mol. The third-order valence-corrected chi connectivity index (χ3v) is 2.69. The number of amides is 2. The van der Waals surface area contributed by atoms with Gasteiger partial charge in [-0.25, -0.2) is 0 Å². The number of anilines is 1. The Balaban J connectivity index is 2.89. The Labute approximate surface area is 103 Å². The van der Waals surface area contributed by atoms with Gasteiger partial charge in [0, 0.05) is 5.88 Å². The van der Waals surface area contributed by atoms with Crippen LogP contribution in [0.15, 0.2) is 24.3 Å².